The van der Waals surface area contributed by atoms with Gasteiger partial charge in [0.2, 0.25) is 0 Å². The first-order valence-corrected chi connectivity index (χ1v) is 24.7. The lowest BCUT2D eigenvalue weighted by Crippen LogP contribution is -2.49. The molecule has 0 aromatic rings. The fourth-order valence-electron chi connectivity index (χ4n) is 7.87. The largest absolute Gasteiger partial charge is 0.394 e. The van der Waals surface area contributed by atoms with Crippen LogP contribution in [0, 0.1) is 0 Å². The molecule has 7 heteroatoms. The zero-order valence-electron chi connectivity index (χ0n) is 37.5. The minimum absolute atomic E-state index is 0.0459. The molecule has 0 aliphatic heterocycles. The molecule has 5 atom stereocenters. The van der Waals surface area contributed by atoms with E-state index in [-0.39, 0.29) is 13.2 Å². The van der Waals surface area contributed by atoms with E-state index < -0.39 is 37.1 Å². The van der Waals surface area contributed by atoms with Gasteiger partial charge in [-0.3, -0.25) is 0 Å². The number of aliphatic hydroxyl groups is 5. The molecule has 0 aromatic heterocycles. The molecule has 0 rings (SSSR count). The fourth-order valence-corrected chi connectivity index (χ4v) is 7.87. The van der Waals surface area contributed by atoms with Gasteiger partial charge in [0.25, 0.3) is 0 Å². The highest BCUT2D eigenvalue weighted by Gasteiger charge is 2.27. The number of nitrogens with one attached hydrogen (secondary N) is 1. The van der Waals surface area contributed by atoms with Crippen LogP contribution in [0.25, 0.3) is 0 Å². The molecule has 0 amide bonds. The Kier molecular flexibility index (Phi) is 43.3. The van der Waals surface area contributed by atoms with Crippen LogP contribution in [0.5, 0.6) is 0 Å². The summed E-state index contributed by atoms with van der Waals surface area (Å²) in [5.74, 6) is 0. The lowest BCUT2D eigenvalue weighted by molar-refractivity contribution is -0.0728. The highest BCUT2D eigenvalue weighted by molar-refractivity contribution is 4.97. The Morgan fingerprint density at radius 3 is 1.09 bits per heavy atom. The van der Waals surface area contributed by atoms with Crippen LogP contribution in [-0.2, 0) is 4.74 Å². The summed E-state index contributed by atoms with van der Waals surface area (Å²) in [4.78, 5) is 0. The Morgan fingerprint density at radius 1 is 0.429 bits per heavy atom. The van der Waals surface area contributed by atoms with E-state index in [0.29, 0.717) is 6.42 Å². The van der Waals surface area contributed by atoms with E-state index in [9.17, 15) is 20.4 Å². The monoisotopic (exact) mass is 798 g/mol. The van der Waals surface area contributed by atoms with Gasteiger partial charge in [0.1, 0.15) is 18.3 Å². The van der Waals surface area contributed by atoms with Gasteiger partial charge in [-0.1, -0.05) is 239 Å². The number of hydrogen-bond acceptors (Lipinski definition) is 7. The first-order chi connectivity index (χ1) is 27.4. The number of unbranched alkanes of at least 4 members (excludes halogenated alkanes) is 33. The lowest BCUT2D eigenvalue weighted by atomic mass is 9.99. The smallest absolute Gasteiger partial charge is 0.105 e. The number of rotatable bonds is 47. The molecule has 0 heterocycles. The molecule has 0 fully saturated rings. The molecule has 0 radical (unpaired) electrons. The topological polar surface area (TPSA) is 122 Å². The van der Waals surface area contributed by atoms with Crippen LogP contribution in [-0.4, -0.2) is 75.8 Å². The van der Waals surface area contributed by atoms with Gasteiger partial charge in [0.15, 0.2) is 0 Å². The van der Waals surface area contributed by atoms with Crippen molar-refractivity contribution >= 4 is 0 Å². The average molecular weight is 798 g/mol. The van der Waals surface area contributed by atoms with Crippen LogP contribution in [0.2, 0.25) is 0 Å². The predicted octanol–water partition coefficient (Wildman–Crippen LogP) is 12.4. The van der Waals surface area contributed by atoms with Crippen LogP contribution in [0.15, 0.2) is 12.3 Å². The van der Waals surface area contributed by atoms with Gasteiger partial charge in [-0.15, -0.1) is 0 Å². The van der Waals surface area contributed by atoms with Crippen molar-refractivity contribution in [3.8, 4) is 0 Å². The lowest BCUT2D eigenvalue weighted by Gasteiger charge is -2.30. The van der Waals surface area contributed by atoms with E-state index in [0.717, 1.165) is 44.2 Å². The molecule has 0 spiro atoms. The number of ether oxygens (including phenoxy) is 1. The minimum Gasteiger partial charge on any atom is -0.394 e. The molecule has 0 saturated heterocycles. The maximum Gasteiger partial charge on any atom is 0.105 e. The molecule has 0 bridgehead atoms. The van der Waals surface area contributed by atoms with E-state index in [4.69, 9.17) is 9.84 Å². The van der Waals surface area contributed by atoms with Crippen molar-refractivity contribution in [2.24, 2.45) is 0 Å². The average Bonchev–Trinajstić information content (AvgIpc) is 3.20. The Balaban J connectivity index is 4.05. The third-order valence-corrected chi connectivity index (χ3v) is 11.8. The van der Waals surface area contributed by atoms with Crippen molar-refractivity contribution in [2.75, 3.05) is 19.8 Å². The van der Waals surface area contributed by atoms with E-state index in [1.165, 1.54) is 193 Å². The Morgan fingerprint density at radius 2 is 0.750 bits per heavy atom. The molecule has 0 aliphatic carbocycles. The highest BCUT2D eigenvalue weighted by Crippen LogP contribution is 2.18. The molecule has 336 valence electrons. The maximum absolute atomic E-state index is 11.1. The van der Waals surface area contributed by atoms with Crippen molar-refractivity contribution in [1.82, 2.24) is 5.32 Å². The summed E-state index contributed by atoms with van der Waals surface area (Å²) in [7, 11) is 0. The summed E-state index contributed by atoms with van der Waals surface area (Å²) in [6.45, 7) is 8.07. The molecule has 0 saturated carbocycles. The summed E-state index contributed by atoms with van der Waals surface area (Å²) in [5.41, 5.74) is 0.814. The van der Waals surface area contributed by atoms with Crippen LogP contribution in [0.1, 0.15) is 251 Å². The van der Waals surface area contributed by atoms with Gasteiger partial charge in [-0.25, -0.2) is 0 Å². The Hall–Kier alpha value is -0.700. The third-order valence-electron chi connectivity index (χ3n) is 11.8. The molecular formula is C49H99NO6. The third kappa shape index (κ3) is 37.6. The maximum atomic E-state index is 11.1. The number of allylic oxidation sites excluding steroid dienone is 1. The van der Waals surface area contributed by atoms with Crippen LogP contribution < -0.4 is 5.32 Å². The van der Waals surface area contributed by atoms with E-state index >= 15 is 0 Å². The first kappa shape index (κ1) is 55.3. The van der Waals surface area contributed by atoms with Gasteiger partial charge in [0.05, 0.1) is 32.0 Å². The van der Waals surface area contributed by atoms with Crippen molar-refractivity contribution in [1.29, 1.82) is 0 Å². The molecular weight excluding hydrogens is 699 g/mol. The summed E-state index contributed by atoms with van der Waals surface area (Å²) >= 11 is 0. The molecule has 6 N–H and O–H groups in total. The SMILES string of the molecule is C=C(CCCCCCCCCCCCCCCCCCCCCCCCC)N[C@@H](COC[C@H](O)[C@@H](O)CO)[C@H](O)[C@H](O)CCCCCCCCCCCCCC. The van der Waals surface area contributed by atoms with E-state index in [1.807, 2.05) is 0 Å². The molecule has 0 aromatic carbocycles. The second kappa shape index (κ2) is 43.9. The van der Waals surface area contributed by atoms with Gasteiger partial charge in [-0.2, -0.15) is 0 Å². The van der Waals surface area contributed by atoms with Crippen LogP contribution in [0.3, 0.4) is 0 Å². The summed E-state index contributed by atoms with van der Waals surface area (Å²) in [6.07, 6.45) is 43.4. The highest BCUT2D eigenvalue weighted by atomic mass is 16.5. The Bertz CT molecular complexity index is 784. The summed E-state index contributed by atoms with van der Waals surface area (Å²) in [6, 6.07) is -0.585. The van der Waals surface area contributed by atoms with E-state index in [1.54, 1.807) is 0 Å². The normalized spacial score (nSPS) is 14.5. The number of hydrogen-bond donors (Lipinski definition) is 6. The fraction of sp³-hybridized carbons (Fsp3) is 0.959. The minimum atomic E-state index is -1.28. The standard InChI is InChI=1S/C49H99NO6/c1-4-6-8-10-12-14-16-18-19-20-21-22-23-24-25-26-27-28-29-31-33-35-37-39-44(3)50-45(42-56-43-48(54)47(53)41-51)49(55)46(52)40-38-36-34-32-30-17-15-13-11-9-7-5-2/h45-55H,3-43H2,1-2H3/t45-,46+,47-,48-,49-/m0/s1. The van der Waals surface area contributed by atoms with Gasteiger partial charge < -0.3 is 35.6 Å². The van der Waals surface area contributed by atoms with Crippen LogP contribution in [0.4, 0.5) is 0 Å². The van der Waals surface area contributed by atoms with Gasteiger partial charge in [-0.05, 0) is 19.3 Å². The zero-order valence-corrected chi connectivity index (χ0v) is 37.5. The second-order valence-corrected chi connectivity index (χ2v) is 17.5. The van der Waals surface area contributed by atoms with Crippen molar-refractivity contribution < 1.29 is 30.3 Å². The van der Waals surface area contributed by atoms with Gasteiger partial charge >= 0.3 is 0 Å². The Labute approximate surface area is 348 Å². The summed E-state index contributed by atoms with van der Waals surface area (Å²) < 4.78 is 5.63. The quantitative estimate of drug-likeness (QED) is 0.0339. The predicted molar refractivity (Wildman–Crippen MR) is 240 cm³/mol. The number of aliphatic hydroxyl groups excluding tert-OH is 5. The second-order valence-electron chi connectivity index (χ2n) is 17.5. The van der Waals surface area contributed by atoms with Gasteiger partial charge in [0, 0.05) is 5.70 Å². The molecule has 0 unspecified atom stereocenters. The van der Waals surface area contributed by atoms with Crippen molar-refractivity contribution in [2.45, 2.75) is 282 Å². The van der Waals surface area contributed by atoms with Crippen molar-refractivity contribution in [3.63, 3.8) is 0 Å². The van der Waals surface area contributed by atoms with E-state index in [2.05, 4.69) is 25.7 Å². The zero-order chi connectivity index (χ0) is 41.2. The van der Waals surface area contributed by atoms with Crippen LogP contribution >= 0.6 is 0 Å². The summed E-state index contributed by atoms with van der Waals surface area (Å²) in [5, 5.41) is 54.1. The van der Waals surface area contributed by atoms with Crippen molar-refractivity contribution in [3.05, 3.63) is 12.3 Å². The first-order valence-electron chi connectivity index (χ1n) is 24.7. The molecule has 7 nitrogen and oxygen atoms in total. The molecule has 56 heavy (non-hydrogen) atoms. The molecule has 0 aliphatic rings.